The van der Waals surface area contributed by atoms with Gasteiger partial charge < -0.3 is 5.32 Å². The van der Waals surface area contributed by atoms with E-state index in [0.29, 0.717) is 23.7 Å². The van der Waals surface area contributed by atoms with Crippen molar-refractivity contribution < 1.29 is 9.18 Å². The SMILES string of the molecule is CCN1CCCC1CNC(=O)c1ccc(F)cc1C. The van der Waals surface area contributed by atoms with Crippen LogP contribution in [0.25, 0.3) is 0 Å². The number of likely N-dealkylation sites (tertiary alicyclic amines) is 1. The normalized spacial score (nSPS) is 19.6. The highest BCUT2D eigenvalue weighted by molar-refractivity contribution is 5.95. The number of amides is 1. The lowest BCUT2D eigenvalue weighted by Crippen LogP contribution is -2.40. The summed E-state index contributed by atoms with van der Waals surface area (Å²) in [5.41, 5.74) is 1.23. The molecule has 1 aliphatic rings. The fourth-order valence-electron chi connectivity index (χ4n) is 2.73. The van der Waals surface area contributed by atoms with Gasteiger partial charge in [0.05, 0.1) is 0 Å². The second-order valence-electron chi connectivity index (χ2n) is 5.09. The summed E-state index contributed by atoms with van der Waals surface area (Å²) in [5.74, 6) is -0.414. The molecule has 1 atom stereocenters. The second-order valence-corrected chi connectivity index (χ2v) is 5.09. The van der Waals surface area contributed by atoms with Crippen LogP contribution in [0.5, 0.6) is 0 Å². The Kier molecular flexibility index (Phi) is 4.53. The van der Waals surface area contributed by atoms with Crippen LogP contribution in [0.15, 0.2) is 18.2 Å². The molecule has 3 nitrogen and oxygen atoms in total. The third-order valence-electron chi connectivity index (χ3n) is 3.84. The molecule has 0 radical (unpaired) electrons. The predicted octanol–water partition coefficient (Wildman–Crippen LogP) is 2.35. The van der Waals surface area contributed by atoms with Crippen LogP contribution in [0.1, 0.15) is 35.7 Å². The van der Waals surface area contributed by atoms with Gasteiger partial charge in [-0.1, -0.05) is 6.92 Å². The van der Waals surface area contributed by atoms with E-state index < -0.39 is 0 Å². The largest absolute Gasteiger partial charge is 0.350 e. The van der Waals surface area contributed by atoms with E-state index in [4.69, 9.17) is 0 Å². The fourth-order valence-corrected chi connectivity index (χ4v) is 2.73. The third-order valence-corrected chi connectivity index (χ3v) is 3.84. The van der Waals surface area contributed by atoms with Gasteiger partial charge >= 0.3 is 0 Å². The summed E-state index contributed by atoms with van der Waals surface area (Å²) in [4.78, 5) is 14.5. The molecule has 2 rings (SSSR count). The number of benzene rings is 1. The maximum Gasteiger partial charge on any atom is 0.251 e. The molecule has 1 saturated heterocycles. The molecule has 0 saturated carbocycles. The molecule has 1 aromatic carbocycles. The Bertz CT molecular complexity index is 461. The predicted molar refractivity (Wildman–Crippen MR) is 73.7 cm³/mol. The summed E-state index contributed by atoms with van der Waals surface area (Å²) in [6.07, 6.45) is 2.33. The lowest BCUT2D eigenvalue weighted by Gasteiger charge is -2.23. The van der Waals surface area contributed by atoms with Gasteiger partial charge in [-0.2, -0.15) is 0 Å². The van der Waals surface area contributed by atoms with E-state index in [2.05, 4.69) is 17.1 Å². The third kappa shape index (κ3) is 3.32. The van der Waals surface area contributed by atoms with Gasteiger partial charge in [0.15, 0.2) is 0 Å². The average molecular weight is 264 g/mol. The first kappa shape index (κ1) is 14.0. The minimum absolute atomic E-state index is 0.111. The van der Waals surface area contributed by atoms with Gasteiger partial charge in [-0.25, -0.2) is 4.39 Å². The zero-order valence-corrected chi connectivity index (χ0v) is 11.6. The van der Waals surface area contributed by atoms with Gasteiger partial charge in [0.1, 0.15) is 5.82 Å². The van der Waals surface area contributed by atoms with Crippen LogP contribution in [-0.2, 0) is 0 Å². The topological polar surface area (TPSA) is 32.3 Å². The number of halogens is 1. The average Bonchev–Trinajstić information content (AvgIpc) is 2.83. The number of carbonyl (C=O) groups is 1. The Labute approximate surface area is 113 Å². The Morgan fingerprint density at radius 3 is 3.00 bits per heavy atom. The number of nitrogens with zero attached hydrogens (tertiary/aromatic N) is 1. The van der Waals surface area contributed by atoms with Gasteiger partial charge in [-0.05, 0) is 56.6 Å². The molecule has 1 aromatic rings. The number of rotatable bonds is 4. The number of nitrogens with one attached hydrogen (secondary N) is 1. The molecule has 104 valence electrons. The van der Waals surface area contributed by atoms with E-state index in [-0.39, 0.29) is 11.7 Å². The lowest BCUT2D eigenvalue weighted by molar-refractivity contribution is 0.0940. The van der Waals surface area contributed by atoms with Crippen molar-refractivity contribution in [3.63, 3.8) is 0 Å². The van der Waals surface area contributed by atoms with Crippen LogP contribution in [0.3, 0.4) is 0 Å². The van der Waals surface area contributed by atoms with Crippen molar-refractivity contribution in [3.8, 4) is 0 Å². The second kappa shape index (κ2) is 6.15. The number of aryl methyl sites for hydroxylation is 1. The first-order valence-electron chi connectivity index (χ1n) is 6.90. The van der Waals surface area contributed by atoms with Gasteiger partial charge in [0.2, 0.25) is 0 Å². The Balaban J connectivity index is 1.94. The molecule has 0 bridgehead atoms. The smallest absolute Gasteiger partial charge is 0.251 e. The number of hydrogen-bond acceptors (Lipinski definition) is 2. The number of hydrogen-bond donors (Lipinski definition) is 1. The molecule has 1 heterocycles. The van der Waals surface area contributed by atoms with E-state index >= 15 is 0 Å². The quantitative estimate of drug-likeness (QED) is 0.905. The van der Waals surface area contributed by atoms with Crippen LogP contribution in [-0.4, -0.2) is 36.5 Å². The molecule has 19 heavy (non-hydrogen) atoms. The number of carbonyl (C=O) groups excluding carboxylic acids is 1. The van der Waals surface area contributed by atoms with Crippen LogP contribution >= 0.6 is 0 Å². The van der Waals surface area contributed by atoms with E-state index in [1.165, 1.54) is 18.6 Å². The van der Waals surface area contributed by atoms with Crippen molar-refractivity contribution in [1.82, 2.24) is 10.2 Å². The van der Waals surface area contributed by atoms with E-state index in [0.717, 1.165) is 19.5 Å². The summed E-state index contributed by atoms with van der Waals surface area (Å²) in [6, 6.07) is 4.71. The van der Waals surface area contributed by atoms with E-state index in [1.54, 1.807) is 13.0 Å². The van der Waals surface area contributed by atoms with Crippen molar-refractivity contribution in [1.29, 1.82) is 0 Å². The maximum absolute atomic E-state index is 13.0. The zero-order chi connectivity index (χ0) is 13.8. The summed E-state index contributed by atoms with van der Waals surface area (Å²) in [6.45, 7) is 6.71. The van der Waals surface area contributed by atoms with Crippen molar-refractivity contribution in [2.75, 3.05) is 19.6 Å². The van der Waals surface area contributed by atoms with Crippen LogP contribution in [0.2, 0.25) is 0 Å². The van der Waals surface area contributed by atoms with Gasteiger partial charge in [-0.15, -0.1) is 0 Å². The first-order valence-corrected chi connectivity index (χ1v) is 6.90. The molecule has 0 aliphatic carbocycles. The summed E-state index contributed by atoms with van der Waals surface area (Å²) in [7, 11) is 0. The minimum atomic E-state index is -0.304. The van der Waals surface area contributed by atoms with Crippen molar-refractivity contribution in [2.45, 2.75) is 32.7 Å². The standard InChI is InChI=1S/C15H21FN2O/c1-3-18-8-4-5-13(18)10-17-15(19)14-7-6-12(16)9-11(14)2/h6-7,9,13H,3-5,8,10H2,1-2H3,(H,17,19). The minimum Gasteiger partial charge on any atom is -0.350 e. The van der Waals surface area contributed by atoms with E-state index in [1.807, 2.05) is 0 Å². The van der Waals surface area contributed by atoms with Gasteiger partial charge in [0, 0.05) is 18.2 Å². The van der Waals surface area contributed by atoms with E-state index in [9.17, 15) is 9.18 Å². The van der Waals surface area contributed by atoms with Crippen molar-refractivity contribution >= 4 is 5.91 Å². The molecule has 1 fully saturated rings. The van der Waals surface area contributed by atoms with Crippen LogP contribution < -0.4 is 5.32 Å². The monoisotopic (exact) mass is 264 g/mol. The van der Waals surface area contributed by atoms with Crippen LogP contribution in [0, 0.1) is 12.7 Å². The highest BCUT2D eigenvalue weighted by Crippen LogP contribution is 2.16. The maximum atomic E-state index is 13.0. The van der Waals surface area contributed by atoms with Crippen molar-refractivity contribution in [3.05, 3.63) is 35.1 Å². The number of likely N-dealkylation sites (N-methyl/N-ethyl adjacent to an activating group) is 1. The van der Waals surface area contributed by atoms with Crippen molar-refractivity contribution in [2.24, 2.45) is 0 Å². The molecular formula is C15H21FN2O. The van der Waals surface area contributed by atoms with Gasteiger partial charge in [-0.3, -0.25) is 9.69 Å². The fraction of sp³-hybridized carbons (Fsp3) is 0.533. The summed E-state index contributed by atoms with van der Waals surface area (Å²) >= 11 is 0. The first-order chi connectivity index (χ1) is 9.11. The lowest BCUT2D eigenvalue weighted by atomic mass is 10.1. The molecule has 0 aromatic heterocycles. The molecule has 1 unspecified atom stereocenters. The highest BCUT2D eigenvalue weighted by Gasteiger charge is 2.23. The Morgan fingerprint density at radius 2 is 2.32 bits per heavy atom. The molecule has 4 heteroatoms. The molecule has 1 N–H and O–H groups in total. The molecule has 0 spiro atoms. The summed E-state index contributed by atoms with van der Waals surface area (Å²) < 4.78 is 13.0. The molecule has 1 amide bonds. The summed E-state index contributed by atoms with van der Waals surface area (Å²) in [5, 5.41) is 2.96. The molecule has 1 aliphatic heterocycles. The van der Waals surface area contributed by atoms with Crippen LogP contribution in [0.4, 0.5) is 4.39 Å². The Morgan fingerprint density at radius 1 is 1.53 bits per heavy atom. The highest BCUT2D eigenvalue weighted by atomic mass is 19.1. The zero-order valence-electron chi connectivity index (χ0n) is 11.6. The Hall–Kier alpha value is -1.42. The van der Waals surface area contributed by atoms with Gasteiger partial charge in [0.25, 0.3) is 5.91 Å². The molecular weight excluding hydrogens is 243 g/mol.